The van der Waals surface area contributed by atoms with Crippen molar-refractivity contribution in [1.82, 2.24) is 0 Å². The summed E-state index contributed by atoms with van der Waals surface area (Å²) in [5.74, 6) is 0. The van der Waals surface area contributed by atoms with E-state index < -0.39 is 0 Å². The van der Waals surface area contributed by atoms with Crippen LogP contribution in [0.3, 0.4) is 0 Å². The first-order chi connectivity index (χ1) is 7.99. The fourth-order valence-corrected chi connectivity index (χ4v) is 5.58. The van der Waals surface area contributed by atoms with Gasteiger partial charge in [-0.1, -0.05) is 49.5 Å². The Labute approximate surface area is 135 Å². The van der Waals surface area contributed by atoms with Crippen LogP contribution < -0.4 is 0 Å². The van der Waals surface area contributed by atoms with E-state index in [1.807, 2.05) is 18.2 Å². The molecule has 5 heteroatoms. The summed E-state index contributed by atoms with van der Waals surface area (Å²) in [6.45, 7) is 2.13. The van der Waals surface area contributed by atoms with Crippen LogP contribution in [0.25, 0.3) is 0 Å². The summed E-state index contributed by atoms with van der Waals surface area (Å²) in [5.41, 5.74) is 2.47. The van der Waals surface area contributed by atoms with E-state index in [2.05, 4.69) is 60.8 Å². The van der Waals surface area contributed by atoms with Crippen molar-refractivity contribution in [2.45, 2.75) is 11.8 Å². The predicted octanol–water partition coefficient (Wildman–Crippen LogP) is 6.72. The molecule has 0 aliphatic rings. The Kier molecular flexibility index (Phi) is 4.75. The predicted molar refractivity (Wildman–Crippen MR) is 86.7 cm³/mol. The largest absolute Gasteiger partial charge is 0.133 e. The maximum Gasteiger partial charge on any atom is 0.0704 e. The van der Waals surface area contributed by atoms with Gasteiger partial charge < -0.3 is 0 Å². The molecular weight excluding hydrogens is 451 g/mol. The van der Waals surface area contributed by atoms with Gasteiger partial charge in [-0.05, 0) is 52.2 Å². The molecule has 1 atom stereocenters. The van der Waals surface area contributed by atoms with E-state index >= 15 is 0 Å². The van der Waals surface area contributed by atoms with Gasteiger partial charge in [0.2, 0.25) is 0 Å². The van der Waals surface area contributed by atoms with E-state index in [9.17, 15) is 0 Å². The van der Waals surface area contributed by atoms with Gasteiger partial charge in [0, 0.05) is 14.4 Å². The normalized spacial score (nSPS) is 12.8. The molecule has 1 aromatic heterocycles. The standard InChI is InChI=1S/C12H8Br3ClS/c1-6-9(5-11(14)17-6)12(15)8-3-2-7(16)4-10(8)13/h2-5,12H,1H3. The molecule has 2 aromatic rings. The third-order valence-electron chi connectivity index (χ3n) is 2.43. The van der Waals surface area contributed by atoms with Gasteiger partial charge in [0.25, 0.3) is 0 Å². The van der Waals surface area contributed by atoms with Crippen LogP contribution in [0.1, 0.15) is 20.8 Å². The number of thiophene rings is 1. The molecule has 0 aliphatic heterocycles. The van der Waals surface area contributed by atoms with E-state index in [4.69, 9.17) is 11.6 Å². The quantitative estimate of drug-likeness (QED) is 0.438. The van der Waals surface area contributed by atoms with Gasteiger partial charge in [-0.2, -0.15) is 0 Å². The zero-order valence-corrected chi connectivity index (χ0v) is 15.1. The van der Waals surface area contributed by atoms with E-state index in [-0.39, 0.29) is 4.83 Å². The smallest absolute Gasteiger partial charge is 0.0704 e. The van der Waals surface area contributed by atoms with E-state index in [1.165, 1.54) is 16.0 Å². The van der Waals surface area contributed by atoms with E-state index in [1.54, 1.807) is 11.3 Å². The van der Waals surface area contributed by atoms with Crippen molar-refractivity contribution in [1.29, 1.82) is 0 Å². The fourth-order valence-electron chi connectivity index (χ4n) is 1.58. The molecule has 0 radical (unpaired) electrons. The lowest BCUT2D eigenvalue weighted by Gasteiger charge is -2.12. The first-order valence-electron chi connectivity index (χ1n) is 4.84. The first-order valence-corrected chi connectivity index (χ1v) is 8.53. The Balaban J connectivity index is 2.43. The van der Waals surface area contributed by atoms with Crippen LogP contribution in [0.4, 0.5) is 0 Å². The topological polar surface area (TPSA) is 0 Å². The Morgan fingerprint density at radius 3 is 2.41 bits per heavy atom. The van der Waals surface area contributed by atoms with Crippen molar-refractivity contribution in [2.24, 2.45) is 0 Å². The number of rotatable bonds is 2. The molecule has 1 heterocycles. The molecule has 17 heavy (non-hydrogen) atoms. The Hall–Kier alpha value is 0.650. The minimum absolute atomic E-state index is 0.177. The second kappa shape index (κ2) is 5.74. The third kappa shape index (κ3) is 3.16. The summed E-state index contributed by atoms with van der Waals surface area (Å²) in [6, 6.07) is 8.02. The van der Waals surface area contributed by atoms with Gasteiger partial charge >= 0.3 is 0 Å². The van der Waals surface area contributed by atoms with Crippen LogP contribution in [0.15, 0.2) is 32.5 Å². The summed E-state index contributed by atoms with van der Waals surface area (Å²) in [7, 11) is 0. The molecule has 0 bridgehead atoms. The lowest BCUT2D eigenvalue weighted by molar-refractivity contribution is 1.16. The molecule has 2 rings (SSSR count). The highest BCUT2D eigenvalue weighted by Crippen LogP contribution is 2.41. The van der Waals surface area contributed by atoms with Crippen molar-refractivity contribution in [3.63, 3.8) is 0 Å². The zero-order valence-electron chi connectivity index (χ0n) is 8.81. The number of aryl methyl sites for hydroxylation is 1. The SMILES string of the molecule is Cc1sc(Br)cc1C(Br)c1ccc(Cl)cc1Br. The van der Waals surface area contributed by atoms with Gasteiger partial charge in [0.05, 0.1) is 8.61 Å². The Morgan fingerprint density at radius 2 is 1.88 bits per heavy atom. The van der Waals surface area contributed by atoms with Crippen LogP contribution in [-0.2, 0) is 0 Å². The van der Waals surface area contributed by atoms with Crippen LogP contribution in [-0.4, -0.2) is 0 Å². The number of halogens is 4. The Morgan fingerprint density at radius 1 is 1.18 bits per heavy atom. The fraction of sp³-hybridized carbons (Fsp3) is 0.167. The van der Waals surface area contributed by atoms with Gasteiger partial charge in [-0.25, -0.2) is 0 Å². The number of benzene rings is 1. The minimum Gasteiger partial charge on any atom is -0.133 e. The van der Waals surface area contributed by atoms with Crippen molar-refractivity contribution in [3.8, 4) is 0 Å². The maximum absolute atomic E-state index is 5.95. The van der Waals surface area contributed by atoms with Gasteiger partial charge in [-0.15, -0.1) is 11.3 Å². The average Bonchev–Trinajstić information content (AvgIpc) is 2.57. The summed E-state index contributed by atoms with van der Waals surface area (Å²) < 4.78 is 2.17. The molecule has 0 N–H and O–H groups in total. The van der Waals surface area contributed by atoms with Crippen molar-refractivity contribution < 1.29 is 0 Å². The summed E-state index contributed by atoms with van der Waals surface area (Å²) >= 11 is 18.5. The molecule has 0 saturated carbocycles. The van der Waals surface area contributed by atoms with Crippen molar-refractivity contribution in [2.75, 3.05) is 0 Å². The Bertz CT molecular complexity index is 551. The molecule has 0 nitrogen and oxygen atoms in total. The second-order valence-corrected chi connectivity index (χ2v) is 8.43. The van der Waals surface area contributed by atoms with Crippen molar-refractivity contribution in [3.05, 3.63) is 53.6 Å². The zero-order chi connectivity index (χ0) is 12.6. The molecule has 1 aromatic carbocycles. The number of hydrogen-bond acceptors (Lipinski definition) is 1. The van der Waals surface area contributed by atoms with E-state index in [0.717, 1.165) is 13.3 Å². The number of alkyl halides is 1. The molecule has 0 spiro atoms. The molecular formula is C12H8Br3ClS. The van der Waals surface area contributed by atoms with Crippen LogP contribution in [0.5, 0.6) is 0 Å². The molecule has 1 unspecified atom stereocenters. The molecule has 90 valence electrons. The van der Waals surface area contributed by atoms with Gasteiger partial charge in [0.1, 0.15) is 0 Å². The highest BCUT2D eigenvalue weighted by molar-refractivity contribution is 9.11. The average molecular weight is 459 g/mol. The van der Waals surface area contributed by atoms with Crippen LogP contribution in [0.2, 0.25) is 5.02 Å². The van der Waals surface area contributed by atoms with E-state index in [0.29, 0.717) is 0 Å². The highest BCUT2D eigenvalue weighted by atomic mass is 79.9. The second-order valence-electron chi connectivity index (χ2n) is 3.59. The van der Waals surface area contributed by atoms with Crippen molar-refractivity contribution >= 4 is 70.7 Å². The molecule has 0 fully saturated rings. The molecule has 0 amide bonds. The monoisotopic (exact) mass is 456 g/mol. The summed E-state index contributed by atoms with van der Waals surface area (Å²) in [4.78, 5) is 1.48. The molecule has 0 saturated heterocycles. The van der Waals surface area contributed by atoms with Crippen LogP contribution in [0, 0.1) is 6.92 Å². The lowest BCUT2D eigenvalue weighted by atomic mass is 10.1. The lowest BCUT2D eigenvalue weighted by Crippen LogP contribution is -1.93. The summed E-state index contributed by atoms with van der Waals surface area (Å²) in [6.07, 6.45) is 0. The maximum atomic E-state index is 5.95. The minimum atomic E-state index is 0.177. The first kappa shape index (κ1) is 14.1. The third-order valence-corrected chi connectivity index (χ3v) is 5.91. The van der Waals surface area contributed by atoms with Gasteiger partial charge in [-0.3, -0.25) is 0 Å². The molecule has 0 aliphatic carbocycles. The van der Waals surface area contributed by atoms with Crippen LogP contribution >= 0.6 is 70.7 Å². The number of hydrogen-bond donors (Lipinski definition) is 0. The highest BCUT2D eigenvalue weighted by Gasteiger charge is 2.17. The summed E-state index contributed by atoms with van der Waals surface area (Å²) in [5, 5.41) is 0.739. The van der Waals surface area contributed by atoms with Gasteiger partial charge in [0.15, 0.2) is 0 Å².